The van der Waals surface area contributed by atoms with Gasteiger partial charge in [0.25, 0.3) is 5.91 Å². The Morgan fingerprint density at radius 3 is 2.86 bits per heavy atom. The molecule has 116 valence electrons. The summed E-state index contributed by atoms with van der Waals surface area (Å²) in [5.41, 5.74) is 6.30. The SMILES string of the molecule is CC(N)C1CCCCN1C(=O)c1cccc(OC(F)F)c1. The lowest BCUT2D eigenvalue weighted by atomic mass is 9.96. The summed E-state index contributed by atoms with van der Waals surface area (Å²) in [7, 11) is 0. The molecule has 1 aromatic rings. The van der Waals surface area contributed by atoms with Crippen LogP contribution in [0.1, 0.15) is 36.5 Å². The summed E-state index contributed by atoms with van der Waals surface area (Å²) in [5, 5.41) is 0. The number of piperidine rings is 1. The van der Waals surface area contributed by atoms with E-state index in [4.69, 9.17) is 5.73 Å². The Kier molecular flexibility index (Phi) is 5.12. The van der Waals surface area contributed by atoms with Crippen molar-refractivity contribution >= 4 is 5.91 Å². The number of likely N-dealkylation sites (tertiary alicyclic amines) is 1. The first-order valence-electron chi connectivity index (χ1n) is 7.10. The molecule has 1 aliphatic rings. The van der Waals surface area contributed by atoms with Gasteiger partial charge in [0.2, 0.25) is 0 Å². The molecule has 1 amide bonds. The molecule has 0 aliphatic carbocycles. The summed E-state index contributed by atoms with van der Waals surface area (Å²) >= 11 is 0. The van der Waals surface area contributed by atoms with Crippen LogP contribution >= 0.6 is 0 Å². The van der Waals surface area contributed by atoms with Crippen LogP contribution in [0.3, 0.4) is 0 Å². The summed E-state index contributed by atoms with van der Waals surface area (Å²) in [6.07, 6.45) is 2.85. The van der Waals surface area contributed by atoms with E-state index < -0.39 is 6.61 Å². The lowest BCUT2D eigenvalue weighted by molar-refractivity contribution is -0.0499. The summed E-state index contributed by atoms with van der Waals surface area (Å²) in [5.74, 6) is -0.193. The van der Waals surface area contributed by atoms with Gasteiger partial charge in [0.05, 0.1) is 0 Å². The standard InChI is InChI=1S/C15H20F2N2O2/c1-10(18)13-7-2-3-8-19(13)14(20)11-5-4-6-12(9-11)21-15(16)17/h4-6,9-10,13,15H,2-3,7-8,18H2,1H3. The fraction of sp³-hybridized carbons (Fsp3) is 0.533. The number of nitrogens with zero attached hydrogens (tertiary/aromatic N) is 1. The number of hydrogen-bond donors (Lipinski definition) is 1. The topological polar surface area (TPSA) is 55.6 Å². The number of nitrogens with two attached hydrogens (primary N) is 1. The van der Waals surface area contributed by atoms with Crippen molar-refractivity contribution in [2.75, 3.05) is 6.54 Å². The third-order valence-electron chi connectivity index (χ3n) is 3.72. The highest BCUT2D eigenvalue weighted by Crippen LogP contribution is 2.23. The molecular formula is C15H20F2N2O2. The summed E-state index contributed by atoms with van der Waals surface area (Å²) in [6.45, 7) is -0.375. The zero-order valence-corrected chi connectivity index (χ0v) is 12.0. The molecule has 0 aromatic heterocycles. The highest BCUT2D eigenvalue weighted by molar-refractivity contribution is 5.95. The van der Waals surface area contributed by atoms with Crippen molar-refractivity contribution in [3.63, 3.8) is 0 Å². The molecule has 4 nitrogen and oxygen atoms in total. The molecule has 0 radical (unpaired) electrons. The van der Waals surface area contributed by atoms with Crippen molar-refractivity contribution in [3.8, 4) is 5.75 Å². The van der Waals surface area contributed by atoms with Gasteiger partial charge in [-0.15, -0.1) is 0 Å². The van der Waals surface area contributed by atoms with Gasteiger partial charge in [-0.3, -0.25) is 4.79 Å². The Balaban J connectivity index is 2.18. The van der Waals surface area contributed by atoms with Gasteiger partial charge in [0.15, 0.2) is 0 Å². The van der Waals surface area contributed by atoms with Crippen molar-refractivity contribution in [2.24, 2.45) is 5.73 Å². The highest BCUT2D eigenvalue weighted by atomic mass is 19.3. The van der Waals surface area contributed by atoms with Crippen molar-refractivity contribution in [3.05, 3.63) is 29.8 Å². The van der Waals surface area contributed by atoms with E-state index in [0.29, 0.717) is 12.1 Å². The lowest BCUT2D eigenvalue weighted by Crippen LogP contribution is -2.51. The third kappa shape index (κ3) is 3.91. The predicted molar refractivity (Wildman–Crippen MR) is 75.4 cm³/mol. The smallest absolute Gasteiger partial charge is 0.387 e. The summed E-state index contributed by atoms with van der Waals surface area (Å²) in [4.78, 5) is 14.3. The first kappa shape index (κ1) is 15.7. The maximum Gasteiger partial charge on any atom is 0.387 e. The normalized spacial score (nSPS) is 20.4. The molecule has 1 fully saturated rings. The predicted octanol–water partition coefficient (Wildman–Crippen LogP) is 2.63. The number of hydrogen-bond acceptors (Lipinski definition) is 3. The van der Waals surface area contributed by atoms with Crippen molar-refractivity contribution in [1.82, 2.24) is 4.90 Å². The van der Waals surface area contributed by atoms with Crippen LogP contribution < -0.4 is 10.5 Å². The van der Waals surface area contributed by atoms with E-state index in [1.54, 1.807) is 11.0 Å². The molecule has 2 atom stereocenters. The van der Waals surface area contributed by atoms with E-state index in [1.165, 1.54) is 18.2 Å². The maximum absolute atomic E-state index is 12.6. The summed E-state index contributed by atoms with van der Waals surface area (Å²) < 4.78 is 28.8. The van der Waals surface area contributed by atoms with Crippen LogP contribution in [0.5, 0.6) is 5.75 Å². The average molecular weight is 298 g/mol. The molecule has 1 aromatic carbocycles. The maximum atomic E-state index is 12.6. The Morgan fingerprint density at radius 2 is 2.19 bits per heavy atom. The van der Waals surface area contributed by atoms with Gasteiger partial charge >= 0.3 is 6.61 Å². The Bertz CT molecular complexity index is 494. The van der Waals surface area contributed by atoms with Crippen LogP contribution in [0.15, 0.2) is 24.3 Å². The van der Waals surface area contributed by atoms with E-state index >= 15 is 0 Å². The van der Waals surface area contributed by atoms with Crippen LogP contribution in [0.4, 0.5) is 8.78 Å². The van der Waals surface area contributed by atoms with Crippen LogP contribution in [0, 0.1) is 0 Å². The first-order chi connectivity index (χ1) is 9.99. The molecule has 1 saturated heterocycles. The second kappa shape index (κ2) is 6.85. The Hall–Kier alpha value is -1.69. The minimum absolute atomic E-state index is 0.00840. The molecule has 0 spiro atoms. The lowest BCUT2D eigenvalue weighted by Gasteiger charge is -2.38. The summed E-state index contributed by atoms with van der Waals surface area (Å²) in [6, 6.07) is 5.77. The molecule has 2 N–H and O–H groups in total. The molecule has 1 aliphatic heterocycles. The van der Waals surface area contributed by atoms with Crippen LogP contribution in [-0.2, 0) is 0 Å². The molecule has 1 heterocycles. The second-order valence-corrected chi connectivity index (χ2v) is 5.33. The van der Waals surface area contributed by atoms with Crippen LogP contribution in [-0.4, -0.2) is 36.0 Å². The van der Waals surface area contributed by atoms with Crippen molar-refractivity contribution in [1.29, 1.82) is 0 Å². The quantitative estimate of drug-likeness (QED) is 0.929. The Labute approximate surface area is 122 Å². The molecule has 0 saturated carbocycles. The molecule has 0 bridgehead atoms. The van der Waals surface area contributed by atoms with E-state index in [9.17, 15) is 13.6 Å². The van der Waals surface area contributed by atoms with Gasteiger partial charge in [-0.2, -0.15) is 8.78 Å². The van der Waals surface area contributed by atoms with Gasteiger partial charge in [0, 0.05) is 24.2 Å². The first-order valence-corrected chi connectivity index (χ1v) is 7.10. The number of halogens is 2. The molecule has 6 heteroatoms. The zero-order chi connectivity index (χ0) is 15.4. The van der Waals surface area contributed by atoms with Gasteiger partial charge in [0.1, 0.15) is 5.75 Å². The minimum atomic E-state index is -2.90. The van der Waals surface area contributed by atoms with Crippen molar-refractivity contribution in [2.45, 2.75) is 44.9 Å². The van der Waals surface area contributed by atoms with Crippen LogP contribution in [0.2, 0.25) is 0 Å². The van der Waals surface area contributed by atoms with Gasteiger partial charge in [-0.25, -0.2) is 0 Å². The van der Waals surface area contributed by atoms with Crippen LogP contribution in [0.25, 0.3) is 0 Å². The van der Waals surface area contributed by atoms with E-state index in [0.717, 1.165) is 19.3 Å². The molecular weight excluding hydrogens is 278 g/mol. The monoisotopic (exact) mass is 298 g/mol. The molecule has 21 heavy (non-hydrogen) atoms. The molecule has 2 rings (SSSR count). The number of carbonyl (C=O) groups excluding carboxylic acids is 1. The van der Waals surface area contributed by atoms with E-state index in [1.807, 2.05) is 6.92 Å². The second-order valence-electron chi connectivity index (χ2n) is 5.33. The number of benzene rings is 1. The van der Waals surface area contributed by atoms with Gasteiger partial charge < -0.3 is 15.4 Å². The number of ether oxygens (including phenoxy) is 1. The van der Waals surface area contributed by atoms with Gasteiger partial charge in [-0.05, 0) is 44.4 Å². The van der Waals surface area contributed by atoms with Gasteiger partial charge in [-0.1, -0.05) is 6.07 Å². The van der Waals surface area contributed by atoms with E-state index in [-0.39, 0.29) is 23.7 Å². The fourth-order valence-electron chi connectivity index (χ4n) is 2.73. The number of carbonyl (C=O) groups is 1. The fourth-order valence-corrected chi connectivity index (χ4v) is 2.73. The number of rotatable bonds is 4. The highest BCUT2D eigenvalue weighted by Gasteiger charge is 2.29. The van der Waals surface area contributed by atoms with Crippen molar-refractivity contribution < 1.29 is 18.3 Å². The van der Waals surface area contributed by atoms with E-state index in [2.05, 4.69) is 4.74 Å². The minimum Gasteiger partial charge on any atom is -0.435 e. The molecule has 2 unspecified atom stereocenters. The Morgan fingerprint density at radius 1 is 1.43 bits per heavy atom. The zero-order valence-electron chi connectivity index (χ0n) is 12.0. The average Bonchev–Trinajstić information content (AvgIpc) is 2.46. The number of alkyl halides is 2. The third-order valence-corrected chi connectivity index (χ3v) is 3.72. The number of amides is 1. The largest absolute Gasteiger partial charge is 0.435 e.